The maximum atomic E-state index is 4.25. The summed E-state index contributed by atoms with van der Waals surface area (Å²) in [5, 5.41) is 0. The Bertz CT molecular complexity index is 1510. The van der Waals surface area contributed by atoms with Gasteiger partial charge in [-0.15, -0.1) is 0 Å². The zero-order chi connectivity index (χ0) is 32.9. The van der Waals surface area contributed by atoms with Gasteiger partial charge < -0.3 is 0 Å². The summed E-state index contributed by atoms with van der Waals surface area (Å²) < 4.78 is 0. The molecule has 232 valence electrons. The van der Waals surface area contributed by atoms with E-state index in [0.29, 0.717) is 0 Å². The number of hydrogen-bond donors (Lipinski definition) is 0. The van der Waals surface area contributed by atoms with Crippen molar-refractivity contribution in [3.63, 3.8) is 0 Å². The van der Waals surface area contributed by atoms with E-state index in [1.54, 1.807) is 0 Å². The summed E-state index contributed by atoms with van der Waals surface area (Å²) >= 11 is 0. The average Bonchev–Trinajstić information content (AvgIpc) is 3.21. The first kappa shape index (κ1) is 32.9. The summed E-state index contributed by atoms with van der Waals surface area (Å²) in [6.45, 7) is 0. The van der Waals surface area contributed by atoms with Crippen molar-refractivity contribution in [3.8, 4) is 45.0 Å². The van der Waals surface area contributed by atoms with Gasteiger partial charge in [0.15, 0.2) is 0 Å². The van der Waals surface area contributed by atoms with Crippen molar-refractivity contribution in [3.05, 3.63) is 219 Å². The molecule has 4 aromatic carbocycles. The highest BCUT2D eigenvalue weighted by Gasteiger charge is 1.96. The Morgan fingerprint density at radius 2 is 0.375 bits per heavy atom. The molecule has 0 aliphatic rings. The first-order valence-corrected chi connectivity index (χ1v) is 15.7. The fraction of sp³-hybridized carbons (Fsp3) is 0. The second-order valence-electron chi connectivity index (χ2n) is 10.3. The lowest BCUT2D eigenvalue weighted by Gasteiger charge is -1.97. The second kappa shape index (κ2) is 19.1. The number of aromatic nitrogens is 4. The SMILES string of the molecule is c1ccc(-c2ccccn2)cc1.c1ccc(-c2ccccn2)cc1.c1ccc(-c2ccccn2)cc1.c1ccc(-c2ccccn2)cc1. The van der Waals surface area contributed by atoms with Gasteiger partial charge in [-0.2, -0.15) is 0 Å². The van der Waals surface area contributed by atoms with Crippen molar-refractivity contribution in [2.75, 3.05) is 0 Å². The summed E-state index contributed by atoms with van der Waals surface area (Å²) in [6, 6.07) is 64.3. The van der Waals surface area contributed by atoms with Crippen LogP contribution in [0.15, 0.2) is 219 Å². The van der Waals surface area contributed by atoms with Crippen LogP contribution in [0.2, 0.25) is 0 Å². The van der Waals surface area contributed by atoms with Gasteiger partial charge in [-0.05, 0) is 48.5 Å². The molecule has 0 spiro atoms. The van der Waals surface area contributed by atoms with Crippen LogP contribution in [-0.4, -0.2) is 19.9 Å². The van der Waals surface area contributed by atoms with Gasteiger partial charge in [-0.1, -0.05) is 146 Å². The molecule has 0 aliphatic carbocycles. The van der Waals surface area contributed by atoms with Crippen LogP contribution in [0, 0.1) is 0 Å². The molecule has 0 fully saturated rings. The van der Waals surface area contributed by atoms with Crippen LogP contribution in [0.5, 0.6) is 0 Å². The quantitative estimate of drug-likeness (QED) is 0.196. The van der Waals surface area contributed by atoms with Crippen molar-refractivity contribution in [1.29, 1.82) is 0 Å². The van der Waals surface area contributed by atoms with Gasteiger partial charge in [0.05, 0.1) is 22.8 Å². The molecule has 0 atom stereocenters. The topological polar surface area (TPSA) is 51.6 Å². The summed E-state index contributed by atoms with van der Waals surface area (Å²) in [5.74, 6) is 0. The van der Waals surface area contributed by atoms with E-state index in [1.165, 1.54) is 0 Å². The Balaban J connectivity index is 0.000000125. The number of hydrogen-bond acceptors (Lipinski definition) is 4. The van der Waals surface area contributed by atoms with Crippen molar-refractivity contribution in [2.24, 2.45) is 0 Å². The molecule has 0 N–H and O–H groups in total. The summed E-state index contributed by atoms with van der Waals surface area (Å²) in [4.78, 5) is 17.0. The minimum Gasteiger partial charge on any atom is -0.256 e. The fourth-order valence-electron chi connectivity index (χ4n) is 4.57. The molecule has 0 bridgehead atoms. The molecule has 8 rings (SSSR count). The van der Waals surface area contributed by atoms with Crippen LogP contribution in [-0.2, 0) is 0 Å². The highest BCUT2D eigenvalue weighted by molar-refractivity contribution is 5.60. The molecule has 4 heterocycles. The lowest BCUT2D eigenvalue weighted by Crippen LogP contribution is -1.79. The molecule has 4 heteroatoms. The molecule has 0 aliphatic heterocycles. The third-order valence-electron chi connectivity index (χ3n) is 6.94. The molecule has 0 amide bonds. The van der Waals surface area contributed by atoms with Gasteiger partial charge in [0.1, 0.15) is 0 Å². The summed E-state index contributed by atoms with van der Waals surface area (Å²) in [6.07, 6.45) is 7.23. The van der Waals surface area contributed by atoms with Crippen LogP contribution in [0.1, 0.15) is 0 Å². The molecule has 4 aromatic heterocycles. The van der Waals surface area contributed by atoms with E-state index in [0.717, 1.165) is 45.0 Å². The highest BCUT2D eigenvalue weighted by atomic mass is 14.7. The smallest absolute Gasteiger partial charge is 0.0701 e. The fourth-order valence-corrected chi connectivity index (χ4v) is 4.57. The average molecular weight is 621 g/mol. The van der Waals surface area contributed by atoms with Crippen molar-refractivity contribution >= 4 is 0 Å². The third-order valence-corrected chi connectivity index (χ3v) is 6.94. The number of nitrogens with zero attached hydrogens (tertiary/aromatic N) is 4. The normalized spacial score (nSPS) is 9.67. The molecular formula is C44H36N4. The van der Waals surface area contributed by atoms with E-state index in [1.807, 2.05) is 170 Å². The maximum Gasteiger partial charge on any atom is 0.0701 e. The first-order valence-electron chi connectivity index (χ1n) is 15.7. The van der Waals surface area contributed by atoms with E-state index in [2.05, 4.69) is 68.5 Å². The minimum absolute atomic E-state index is 1.03. The number of rotatable bonds is 4. The van der Waals surface area contributed by atoms with Gasteiger partial charge in [-0.25, -0.2) is 0 Å². The van der Waals surface area contributed by atoms with E-state index in [-0.39, 0.29) is 0 Å². The molecule has 0 radical (unpaired) electrons. The van der Waals surface area contributed by atoms with Crippen LogP contribution in [0.25, 0.3) is 45.0 Å². The molecule has 8 aromatic rings. The summed E-state index contributed by atoms with van der Waals surface area (Å²) in [5.41, 5.74) is 8.76. The van der Waals surface area contributed by atoms with E-state index < -0.39 is 0 Å². The second-order valence-corrected chi connectivity index (χ2v) is 10.3. The van der Waals surface area contributed by atoms with Gasteiger partial charge in [0, 0.05) is 47.0 Å². The van der Waals surface area contributed by atoms with Crippen LogP contribution in [0.4, 0.5) is 0 Å². The lowest BCUT2D eigenvalue weighted by atomic mass is 10.1. The van der Waals surface area contributed by atoms with Gasteiger partial charge in [0.25, 0.3) is 0 Å². The molecule has 0 saturated heterocycles. The lowest BCUT2D eigenvalue weighted by molar-refractivity contribution is 1.33. The van der Waals surface area contributed by atoms with Crippen LogP contribution >= 0.6 is 0 Å². The summed E-state index contributed by atoms with van der Waals surface area (Å²) in [7, 11) is 0. The predicted octanol–water partition coefficient (Wildman–Crippen LogP) is 11.0. The predicted molar refractivity (Wildman–Crippen MR) is 199 cm³/mol. The van der Waals surface area contributed by atoms with Crippen molar-refractivity contribution < 1.29 is 0 Å². The minimum atomic E-state index is 1.03. The maximum absolute atomic E-state index is 4.25. The van der Waals surface area contributed by atoms with E-state index >= 15 is 0 Å². The Labute approximate surface area is 283 Å². The number of benzene rings is 4. The molecule has 0 unspecified atom stereocenters. The molecule has 0 saturated carbocycles. The zero-order valence-electron chi connectivity index (χ0n) is 26.6. The Kier molecular flexibility index (Phi) is 13.1. The van der Waals surface area contributed by atoms with Crippen LogP contribution in [0.3, 0.4) is 0 Å². The Hall–Kier alpha value is -6.52. The molecule has 48 heavy (non-hydrogen) atoms. The van der Waals surface area contributed by atoms with Crippen molar-refractivity contribution in [1.82, 2.24) is 19.9 Å². The van der Waals surface area contributed by atoms with Gasteiger partial charge in [0.2, 0.25) is 0 Å². The standard InChI is InChI=1S/4C11H9N/c4*1-2-6-10(7-3-1)11-8-4-5-9-12-11/h4*1-9H. The molecular weight excluding hydrogens is 585 g/mol. The van der Waals surface area contributed by atoms with Crippen LogP contribution < -0.4 is 0 Å². The first-order chi connectivity index (χ1) is 23.9. The monoisotopic (exact) mass is 620 g/mol. The molecule has 4 nitrogen and oxygen atoms in total. The Morgan fingerprint density at radius 3 is 0.542 bits per heavy atom. The zero-order valence-corrected chi connectivity index (χ0v) is 26.6. The van der Waals surface area contributed by atoms with Crippen molar-refractivity contribution in [2.45, 2.75) is 0 Å². The largest absolute Gasteiger partial charge is 0.256 e. The highest BCUT2D eigenvalue weighted by Crippen LogP contribution is 2.17. The van der Waals surface area contributed by atoms with E-state index in [9.17, 15) is 0 Å². The third kappa shape index (κ3) is 10.8. The van der Waals surface area contributed by atoms with Gasteiger partial charge >= 0.3 is 0 Å². The Morgan fingerprint density at radius 1 is 0.188 bits per heavy atom. The van der Waals surface area contributed by atoms with E-state index in [4.69, 9.17) is 0 Å². The number of pyridine rings is 4. The van der Waals surface area contributed by atoms with Gasteiger partial charge in [-0.3, -0.25) is 19.9 Å².